The van der Waals surface area contributed by atoms with E-state index in [0.717, 1.165) is 68.0 Å². The number of aromatic nitrogens is 3. The van der Waals surface area contributed by atoms with E-state index in [1.54, 1.807) is 0 Å². The molecule has 7 heteroatoms. The summed E-state index contributed by atoms with van der Waals surface area (Å²) in [6.45, 7) is 4.71. The van der Waals surface area contributed by atoms with Gasteiger partial charge in [-0.1, -0.05) is 35.0 Å². The zero-order chi connectivity index (χ0) is 18.8. The van der Waals surface area contributed by atoms with Crippen molar-refractivity contribution in [3.8, 4) is 0 Å². The highest BCUT2D eigenvalue weighted by Crippen LogP contribution is 2.27. The van der Waals surface area contributed by atoms with E-state index in [-0.39, 0.29) is 11.9 Å². The molecule has 6 nitrogen and oxygen atoms in total. The number of piperidine rings is 1. The highest BCUT2D eigenvalue weighted by Gasteiger charge is 2.33. The maximum absolute atomic E-state index is 13.2. The number of rotatable bonds is 4. The Morgan fingerprint density at radius 3 is 2.81 bits per heavy atom. The standard InChI is InChI=1S/C20H26ClN5O/c1-14-19(23-24-26(14)16-8-10-22-11-9-16)20(27)25-12-4-6-17(25)13-15-5-2-3-7-18(15)21/h2-3,5,7,16-17,22H,4,6,8-13H2,1H3. The van der Waals surface area contributed by atoms with Crippen molar-refractivity contribution in [1.29, 1.82) is 0 Å². The first-order chi connectivity index (χ1) is 13.1. The van der Waals surface area contributed by atoms with Gasteiger partial charge in [0.25, 0.3) is 5.91 Å². The average molecular weight is 388 g/mol. The molecule has 27 heavy (non-hydrogen) atoms. The van der Waals surface area contributed by atoms with Crippen molar-refractivity contribution in [2.45, 2.75) is 51.1 Å². The third-order valence-electron chi connectivity index (χ3n) is 5.84. The summed E-state index contributed by atoms with van der Waals surface area (Å²) >= 11 is 6.33. The Hall–Kier alpha value is -1.92. The van der Waals surface area contributed by atoms with Gasteiger partial charge in [-0.3, -0.25) is 4.79 Å². The van der Waals surface area contributed by atoms with Gasteiger partial charge in [0.05, 0.1) is 11.7 Å². The van der Waals surface area contributed by atoms with Crippen LogP contribution in [0.25, 0.3) is 0 Å². The molecule has 2 aliphatic heterocycles. The molecule has 1 unspecified atom stereocenters. The minimum absolute atomic E-state index is 0.00207. The predicted molar refractivity (Wildman–Crippen MR) is 105 cm³/mol. The third-order valence-corrected chi connectivity index (χ3v) is 6.20. The molecular weight excluding hydrogens is 362 g/mol. The lowest BCUT2D eigenvalue weighted by atomic mass is 10.0. The van der Waals surface area contributed by atoms with Gasteiger partial charge in [-0.05, 0) is 63.7 Å². The highest BCUT2D eigenvalue weighted by atomic mass is 35.5. The van der Waals surface area contributed by atoms with Crippen LogP contribution in [0.5, 0.6) is 0 Å². The molecule has 1 amide bonds. The molecule has 2 saturated heterocycles. The monoisotopic (exact) mass is 387 g/mol. The maximum Gasteiger partial charge on any atom is 0.276 e. The summed E-state index contributed by atoms with van der Waals surface area (Å²) in [5.41, 5.74) is 2.48. The Labute approximate surface area is 164 Å². The van der Waals surface area contributed by atoms with Crippen LogP contribution in [0.2, 0.25) is 5.02 Å². The molecule has 1 atom stereocenters. The topological polar surface area (TPSA) is 63.1 Å². The van der Waals surface area contributed by atoms with E-state index in [2.05, 4.69) is 15.6 Å². The number of carbonyl (C=O) groups is 1. The molecule has 2 aliphatic rings. The van der Waals surface area contributed by atoms with Gasteiger partial charge in [-0.15, -0.1) is 5.10 Å². The van der Waals surface area contributed by atoms with Crippen LogP contribution in [0.3, 0.4) is 0 Å². The van der Waals surface area contributed by atoms with Crippen molar-refractivity contribution in [3.05, 3.63) is 46.2 Å². The van der Waals surface area contributed by atoms with Crippen molar-refractivity contribution >= 4 is 17.5 Å². The number of hydrogen-bond acceptors (Lipinski definition) is 4. The van der Waals surface area contributed by atoms with E-state index in [0.29, 0.717) is 11.7 Å². The quantitative estimate of drug-likeness (QED) is 0.875. The lowest BCUT2D eigenvalue weighted by Crippen LogP contribution is -2.37. The van der Waals surface area contributed by atoms with Crippen LogP contribution in [0.4, 0.5) is 0 Å². The van der Waals surface area contributed by atoms with Crippen molar-refractivity contribution < 1.29 is 4.79 Å². The summed E-state index contributed by atoms with van der Waals surface area (Å²) in [6, 6.07) is 8.39. The SMILES string of the molecule is Cc1c(C(=O)N2CCCC2Cc2ccccc2Cl)nnn1C1CCNCC1. The molecule has 1 aromatic carbocycles. The predicted octanol–water partition coefficient (Wildman–Crippen LogP) is 3.01. The first kappa shape index (κ1) is 18.4. The van der Waals surface area contributed by atoms with Crippen molar-refractivity contribution in [2.75, 3.05) is 19.6 Å². The van der Waals surface area contributed by atoms with E-state index in [9.17, 15) is 4.79 Å². The second kappa shape index (κ2) is 7.98. The zero-order valence-corrected chi connectivity index (χ0v) is 16.5. The fraction of sp³-hybridized carbons (Fsp3) is 0.550. The minimum atomic E-state index is 0.00207. The Balaban J connectivity index is 1.51. The van der Waals surface area contributed by atoms with Crippen molar-refractivity contribution in [1.82, 2.24) is 25.2 Å². The summed E-state index contributed by atoms with van der Waals surface area (Å²) < 4.78 is 1.95. The second-order valence-electron chi connectivity index (χ2n) is 7.54. The summed E-state index contributed by atoms with van der Waals surface area (Å²) in [5, 5.41) is 12.7. The molecule has 2 fully saturated rings. The molecule has 0 saturated carbocycles. The molecular formula is C20H26ClN5O. The van der Waals surface area contributed by atoms with E-state index in [1.807, 2.05) is 40.8 Å². The van der Waals surface area contributed by atoms with Gasteiger partial charge in [0.1, 0.15) is 0 Å². The van der Waals surface area contributed by atoms with Crippen molar-refractivity contribution in [3.63, 3.8) is 0 Å². The van der Waals surface area contributed by atoms with E-state index < -0.39 is 0 Å². The summed E-state index contributed by atoms with van der Waals surface area (Å²) in [7, 11) is 0. The molecule has 0 radical (unpaired) electrons. The smallest absolute Gasteiger partial charge is 0.276 e. The Morgan fingerprint density at radius 1 is 1.26 bits per heavy atom. The van der Waals surface area contributed by atoms with E-state index in [4.69, 9.17) is 11.6 Å². The van der Waals surface area contributed by atoms with Gasteiger partial charge in [0.15, 0.2) is 5.69 Å². The molecule has 1 N–H and O–H groups in total. The largest absolute Gasteiger partial charge is 0.334 e. The molecule has 0 spiro atoms. The number of nitrogens with one attached hydrogen (secondary N) is 1. The highest BCUT2D eigenvalue weighted by molar-refractivity contribution is 6.31. The van der Waals surface area contributed by atoms with Crippen LogP contribution in [0.1, 0.15) is 53.5 Å². The van der Waals surface area contributed by atoms with Gasteiger partial charge in [0.2, 0.25) is 0 Å². The lowest BCUT2D eigenvalue weighted by molar-refractivity contribution is 0.0729. The molecule has 2 aromatic rings. The van der Waals surface area contributed by atoms with Gasteiger partial charge in [-0.25, -0.2) is 4.68 Å². The average Bonchev–Trinajstić information content (AvgIpc) is 3.30. The van der Waals surface area contributed by atoms with Crippen LogP contribution < -0.4 is 5.32 Å². The third kappa shape index (κ3) is 3.73. The number of amides is 1. The first-order valence-electron chi connectivity index (χ1n) is 9.82. The Bertz CT molecular complexity index is 814. The first-order valence-corrected chi connectivity index (χ1v) is 10.2. The number of benzene rings is 1. The molecule has 3 heterocycles. The number of hydrogen-bond donors (Lipinski definition) is 1. The van der Waals surface area contributed by atoms with Crippen LogP contribution in [-0.4, -0.2) is 51.5 Å². The molecule has 1 aromatic heterocycles. The second-order valence-corrected chi connectivity index (χ2v) is 7.95. The van der Waals surface area contributed by atoms with Crippen LogP contribution >= 0.6 is 11.6 Å². The summed E-state index contributed by atoms with van der Waals surface area (Å²) in [4.78, 5) is 15.2. The lowest BCUT2D eigenvalue weighted by Gasteiger charge is -2.25. The van der Waals surface area contributed by atoms with Gasteiger partial charge in [0, 0.05) is 17.6 Å². The van der Waals surface area contributed by atoms with Crippen LogP contribution in [-0.2, 0) is 6.42 Å². The molecule has 0 aliphatic carbocycles. The normalized spacial score (nSPS) is 21.0. The fourth-order valence-electron chi connectivity index (χ4n) is 4.31. The molecule has 0 bridgehead atoms. The zero-order valence-electron chi connectivity index (χ0n) is 15.7. The number of nitrogens with zero attached hydrogens (tertiary/aromatic N) is 4. The molecule has 144 valence electrons. The van der Waals surface area contributed by atoms with Gasteiger partial charge < -0.3 is 10.2 Å². The molecule has 4 rings (SSSR count). The van der Waals surface area contributed by atoms with E-state index in [1.165, 1.54) is 0 Å². The minimum Gasteiger partial charge on any atom is -0.334 e. The fourth-order valence-corrected chi connectivity index (χ4v) is 4.52. The van der Waals surface area contributed by atoms with Crippen LogP contribution in [0, 0.1) is 6.92 Å². The number of halogens is 1. The Morgan fingerprint density at radius 2 is 2.04 bits per heavy atom. The van der Waals surface area contributed by atoms with E-state index >= 15 is 0 Å². The van der Waals surface area contributed by atoms with Gasteiger partial charge >= 0.3 is 0 Å². The number of carbonyl (C=O) groups excluding carboxylic acids is 1. The maximum atomic E-state index is 13.2. The van der Waals surface area contributed by atoms with Gasteiger partial charge in [-0.2, -0.15) is 0 Å². The number of likely N-dealkylation sites (tertiary alicyclic amines) is 1. The van der Waals surface area contributed by atoms with Crippen LogP contribution in [0.15, 0.2) is 24.3 Å². The summed E-state index contributed by atoms with van der Waals surface area (Å²) in [5.74, 6) is 0.00207. The van der Waals surface area contributed by atoms with Crippen molar-refractivity contribution in [2.24, 2.45) is 0 Å². The summed E-state index contributed by atoms with van der Waals surface area (Å²) in [6.07, 6.45) is 4.85. The Kier molecular flexibility index (Phi) is 5.45.